The van der Waals surface area contributed by atoms with Crippen molar-refractivity contribution in [3.63, 3.8) is 0 Å². The number of aliphatic imine (C=N–C) groups is 1. The number of benzene rings is 3. The lowest BCUT2D eigenvalue weighted by atomic mass is 9.81. The predicted octanol–water partition coefficient (Wildman–Crippen LogP) is 3.71. The molecule has 1 atom stereocenters. The zero-order chi connectivity index (χ0) is 23.2. The number of likely N-dealkylation sites (N-methyl/N-ethyl adjacent to an activating group) is 1. The van der Waals surface area contributed by atoms with E-state index in [9.17, 15) is 9.59 Å². The fourth-order valence-electron chi connectivity index (χ4n) is 4.79. The molecule has 0 aromatic heterocycles. The molecule has 0 fully saturated rings. The molecule has 5 rings (SSSR count). The maximum absolute atomic E-state index is 13.5. The van der Waals surface area contributed by atoms with Crippen molar-refractivity contribution in [2.45, 2.75) is 25.4 Å². The second-order valence-electron chi connectivity index (χ2n) is 8.67. The van der Waals surface area contributed by atoms with Crippen molar-refractivity contribution >= 4 is 30.2 Å². The quantitative estimate of drug-likeness (QED) is 0.628. The van der Waals surface area contributed by atoms with Crippen LogP contribution in [0.15, 0.2) is 77.8 Å². The molecule has 2 amide bonds. The van der Waals surface area contributed by atoms with E-state index in [0.29, 0.717) is 6.54 Å². The number of guanidine groups is 1. The van der Waals surface area contributed by atoms with Crippen LogP contribution in [-0.2, 0) is 28.1 Å². The SMILES string of the molecule is CC(=O)N1CCc2ccc(-c3cccc(C4(c5ccccc5)N=C(N)N(C)C4=O)c3)cc2C1.Cl. The van der Waals surface area contributed by atoms with Gasteiger partial charge in [0.2, 0.25) is 5.91 Å². The summed E-state index contributed by atoms with van der Waals surface area (Å²) in [5.74, 6) is 0.121. The maximum Gasteiger partial charge on any atom is 0.266 e. The van der Waals surface area contributed by atoms with Gasteiger partial charge in [0.25, 0.3) is 5.91 Å². The highest BCUT2D eigenvalue weighted by Gasteiger charge is 2.49. The zero-order valence-corrected chi connectivity index (χ0v) is 20.0. The average Bonchev–Trinajstić information content (AvgIpc) is 3.08. The summed E-state index contributed by atoms with van der Waals surface area (Å²) in [4.78, 5) is 33.3. The zero-order valence-electron chi connectivity index (χ0n) is 19.2. The van der Waals surface area contributed by atoms with Gasteiger partial charge in [0, 0.05) is 27.1 Å². The molecule has 0 bridgehead atoms. The highest BCUT2D eigenvalue weighted by atomic mass is 35.5. The van der Waals surface area contributed by atoms with Crippen LogP contribution in [0, 0.1) is 0 Å². The second-order valence-corrected chi connectivity index (χ2v) is 8.67. The molecule has 2 aliphatic rings. The predicted molar refractivity (Wildman–Crippen MR) is 136 cm³/mol. The van der Waals surface area contributed by atoms with Gasteiger partial charge in [-0.3, -0.25) is 14.5 Å². The molecule has 0 aliphatic carbocycles. The van der Waals surface area contributed by atoms with Gasteiger partial charge in [-0.2, -0.15) is 0 Å². The van der Waals surface area contributed by atoms with E-state index >= 15 is 0 Å². The van der Waals surface area contributed by atoms with Gasteiger partial charge in [-0.05, 0) is 51.9 Å². The van der Waals surface area contributed by atoms with E-state index in [1.54, 1.807) is 14.0 Å². The van der Waals surface area contributed by atoms with Crippen molar-refractivity contribution in [3.05, 3.63) is 95.1 Å². The summed E-state index contributed by atoms with van der Waals surface area (Å²) in [5, 5.41) is 0. The molecule has 3 aromatic rings. The van der Waals surface area contributed by atoms with Crippen LogP contribution >= 0.6 is 12.4 Å². The Morgan fingerprint density at radius 1 is 0.941 bits per heavy atom. The van der Waals surface area contributed by atoms with Gasteiger partial charge in [-0.25, -0.2) is 4.99 Å². The van der Waals surface area contributed by atoms with Gasteiger partial charge >= 0.3 is 0 Å². The minimum Gasteiger partial charge on any atom is -0.369 e. The first-order valence-corrected chi connectivity index (χ1v) is 11.1. The number of halogens is 1. The number of carbonyl (C=O) groups is 2. The smallest absolute Gasteiger partial charge is 0.266 e. The van der Waals surface area contributed by atoms with E-state index in [0.717, 1.165) is 40.8 Å². The Balaban J connectivity index is 0.00000274. The fraction of sp³-hybridized carbons (Fsp3) is 0.222. The monoisotopic (exact) mass is 474 g/mol. The summed E-state index contributed by atoms with van der Waals surface area (Å²) in [6, 6.07) is 23.9. The Morgan fingerprint density at radius 3 is 2.32 bits per heavy atom. The third-order valence-corrected chi connectivity index (χ3v) is 6.71. The Bertz CT molecular complexity index is 1290. The molecule has 174 valence electrons. The Morgan fingerprint density at radius 2 is 1.65 bits per heavy atom. The lowest BCUT2D eigenvalue weighted by Crippen LogP contribution is -2.41. The van der Waals surface area contributed by atoms with Crippen molar-refractivity contribution in [1.82, 2.24) is 9.80 Å². The largest absolute Gasteiger partial charge is 0.369 e. The van der Waals surface area contributed by atoms with Crippen LogP contribution in [0.4, 0.5) is 0 Å². The minimum absolute atomic E-state index is 0. The summed E-state index contributed by atoms with van der Waals surface area (Å²) < 4.78 is 0. The van der Waals surface area contributed by atoms with Gasteiger partial charge in [0.1, 0.15) is 0 Å². The van der Waals surface area contributed by atoms with Gasteiger partial charge in [-0.15, -0.1) is 12.4 Å². The second kappa shape index (κ2) is 8.95. The molecule has 2 N–H and O–H groups in total. The van der Waals surface area contributed by atoms with Crippen molar-refractivity contribution in [2.24, 2.45) is 10.7 Å². The van der Waals surface area contributed by atoms with Crippen LogP contribution in [0.5, 0.6) is 0 Å². The summed E-state index contributed by atoms with van der Waals surface area (Å²) in [5.41, 5.74) is 10.9. The maximum atomic E-state index is 13.5. The van der Waals surface area contributed by atoms with Crippen LogP contribution in [-0.4, -0.2) is 41.2 Å². The van der Waals surface area contributed by atoms with Crippen molar-refractivity contribution < 1.29 is 9.59 Å². The number of nitrogens with two attached hydrogens (primary N) is 1. The molecule has 34 heavy (non-hydrogen) atoms. The lowest BCUT2D eigenvalue weighted by Gasteiger charge is -2.28. The average molecular weight is 475 g/mol. The topological polar surface area (TPSA) is 79.0 Å². The minimum atomic E-state index is -1.21. The summed E-state index contributed by atoms with van der Waals surface area (Å²) in [6.45, 7) is 2.99. The van der Waals surface area contributed by atoms with E-state index in [-0.39, 0.29) is 30.2 Å². The Hall–Kier alpha value is -3.64. The molecule has 0 saturated heterocycles. The fourth-order valence-corrected chi connectivity index (χ4v) is 4.79. The highest BCUT2D eigenvalue weighted by Crippen LogP contribution is 2.40. The third-order valence-electron chi connectivity index (χ3n) is 6.71. The molecule has 2 aliphatic heterocycles. The molecule has 3 aromatic carbocycles. The summed E-state index contributed by atoms with van der Waals surface area (Å²) in [6.07, 6.45) is 0.862. The van der Waals surface area contributed by atoms with Gasteiger partial charge in [0.15, 0.2) is 11.5 Å². The summed E-state index contributed by atoms with van der Waals surface area (Å²) >= 11 is 0. The van der Waals surface area contributed by atoms with Crippen molar-refractivity contribution in [2.75, 3.05) is 13.6 Å². The molecular formula is C27H27ClN4O2. The van der Waals surface area contributed by atoms with E-state index < -0.39 is 5.54 Å². The van der Waals surface area contributed by atoms with Crippen LogP contribution in [0.1, 0.15) is 29.2 Å². The molecule has 2 heterocycles. The number of hydrogen-bond acceptors (Lipinski definition) is 4. The highest BCUT2D eigenvalue weighted by molar-refractivity contribution is 6.09. The first-order valence-electron chi connectivity index (χ1n) is 11.1. The number of hydrogen-bond donors (Lipinski definition) is 1. The van der Waals surface area contributed by atoms with E-state index in [1.165, 1.54) is 10.5 Å². The normalized spacial score (nSPS) is 19.4. The molecule has 0 spiro atoms. The van der Waals surface area contributed by atoms with E-state index in [4.69, 9.17) is 5.73 Å². The molecular weight excluding hydrogens is 448 g/mol. The third kappa shape index (κ3) is 3.74. The summed E-state index contributed by atoms with van der Waals surface area (Å²) in [7, 11) is 1.65. The Kier molecular flexibility index (Phi) is 6.19. The standard InChI is InChI=1S/C27H26N4O2.ClH/c1-18(32)31-14-13-19-11-12-21(15-22(19)17-31)20-7-6-10-24(16-20)27(23-8-4-3-5-9-23)25(33)30(2)26(28)29-27;/h3-12,15-16H,13-14,17H2,1-2H3,(H2,28,29);1H. The number of fused-ring (bicyclic) bond motifs is 1. The van der Waals surface area contributed by atoms with Crippen molar-refractivity contribution in [3.8, 4) is 11.1 Å². The van der Waals surface area contributed by atoms with E-state index in [1.807, 2.05) is 59.5 Å². The number of amides is 2. The molecule has 7 heteroatoms. The van der Waals surface area contributed by atoms with Crippen LogP contribution in [0.3, 0.4) is 0 Å². The molecule has 0 saturated carbocycles. The first kappa shape index (κ1) is 23.5. The van der Waals surface area contributed by atoms with Crippen molar-refractivity contribution in [1.29, 1.82) is 0 Å². The molecule has 6 nitrogen and oxygen atoms in total. The van der Waals surface area contributed by atoms with Crippen LogP contribution in [0.25, 0.3) is 11.1 Å². The van der Waals surface area contributed by atoms with Gasteiger partial charge in [-0.1, -0.05) is 60.7 Å². The Labute approximate surface area is 205 Å². The number of nitrogens with zero attached hydrogens (tertiary/aromatic N) is 3. The van der Waals surface area contributed by atoms with Crippen LogP contribution in [0.2, 0.25) is 0 Å². The van der Waals surface area contributed by atoms with Gasteiger partial charge in [0.05, 0.1) is 0 Å². The number of carbonyl (C=O) groups excluding carboxylic acids is 2. The molecule has 0 radical (unpaired) electrons. The van der Waals surface area contributed by atoms with Crippen LogP contribution < -0.4 is 5.73 Å². The first-order chi connectivity index (χ1) is 15.9. The number of rotatable bonds is 3. The van der Waals surface area contributed by atoms with Gasteiger partial charge < -0.3 is 10.6 Å². The molecule has 1 unspecified atom stereocenters. The van der Waals surface area contributed by atoms with E-state index in [2.05, 4.69) is 23.2 Å². The lowest BCUT2D eigenvalue weighted by molar-refractivity contribution is -0.130.